The highest BCUT2D eigenvalue weighted by atomic mass is 32.2. The summed E-state index contributed by atoms with van der Waals surface area (Å²) in [6, 6.07) is 8.47. The van der Waals surface area contributed by atoms with E-state index in [0.717, 1.165) is 13.1 Å². The van der Waals surface area contributed by atoms with Gasteiger partial charge in [0, 0.05) is 37.3 Å². The molecule has 2 aliphatic rings. The van der Waals surface area contributed by atoms with Gasteiger partial charge in [-0.2, -0.15) is 0 Å². The van der Waals surface area contributed by atoms with Crippen LogP contribution in [0.1, 0.15) is 25.3 Å². The predicted octanol–water partition coefficient (Wildman–Crippen LogP) is 1.86. The van der Waals surface area contributed by atoms with Crippen LogP contribution in [-0.4, -0.2) is 56.4 Å². The molecular formula is C18H26N2O3S. The van der Waals surface area contributed by atoms with Crippen molar-refractivity contribution in [1.82, 2.24) is 4.90 Å². The Morgan fingerprint density at radius 1 is 1.12 bits per heavy atom. The monoisotopic (exact) mass is 350 g/mol. The van der Waals surface area contributed by atoms with Gasteiger partial charge in [-0.1, -0.05) is 18.2 Å². The van der Waals surface area contributed by atoms with Crippen molar-refractivity contribution >= 4 is 21.4 Å². The molecule has 0 aromatic heterocycles. The van der Waals surface area contributed by atoms with E-state index in [0.29, 0.717) is 19.4 Å². The Morgan fingerprint density at radius 3 is 2.42 bits per heavy atom. The van der Waals surface area contributed by atoms with E-state index in [1.807, 2.05) is 17.0 Å². The Hall–Kier alpha value is -1.56. The topological polar surface area (TPSA) is 57.7 Å². The van der Waals surface area contributed by atoms with Crippen LogP contribution >= 0.6 is 0 Å². The summed E-state index contributed by atoms with van der Waals surface area (Å²) >= 11 is 0. The Labute approximate surface area is 144 Å². The number of piperazine rings is 1. The summed E-state index contributed by atoms with van der Waals surface area (Å²) in [5.41, 5.74) is 2.49. The minimum atomic E-state index is -2.92. The van der Waals surface area contributed by atoms with Gasteiger partial charge < -0.3 is 9.80 Å². The van der Waals surface area contributed by atoms with Crippen LogP contribution in [0, 0.1) is 12.8 Å². The highest BCUT2D eigenvalue weighted by molar-refractivity contribution is 7.91. The fraction of sp³-hybridized carbons (Fsp3) is 0.611. The van der Waals surface area contributed by atoms with Gasteiger partial charge in [-0.05, 0) is 38.3 Å². The van der Waals surface area contributed by atoms with Gasteiger partial charge >= 0.3 is 0 Å². The molecule has 2 heterocycles. The minimum absolute atomic E-state index is 0.124. The SMILES string of the molecule is Cc1ccccc1N1CCN(C(=O)C2CCS(=O)(=O)CC2)[C@@H](C)C1. The lowest BCUT2D eigenvalue weighted by Crippen LogP contribution is -2.56. The number of anilines is 1. The highest BCUT2D eigenvalue weighted by Gasteiger charge is 2.35. The third-order valence-corrected chi connectivity index (χ3v) is 6.99. The highest BCUT2D eigenvalue weighted by Crippen LogP contribution is 2.26. The largest absolute Gasteiger partial charge is 0.367 e. The summed E-state index contributed by atoms with van der Waals surface area (Å²) in [4.78, 5) is 17.1. The van der Waals surface area contributed by atoms with E-state index in [2.05, 4.69) is 30.9 Å². The third-order valence-electron chi connectivity index (χ3n) is 5.27. The minimum Gasteiger partial charge on any atom is -0.367 e. The number of hydrogen-bond acceptors (Lipinski definition) is 4. The van der Waals surface area contributed by atoms with Gasteiger partial charge in [0.1, 0.15) is 9.84 Å². The van der Waals surface area contributed by atoms with Gasteiger partial charge in [-0.3, -0.25) is 4.79 Å². The molecule has 5 nitrogen and oxygen atoms in total. The first-order valence-corrected chi connectivity index (χ1v) is 10.5. The van der Waals surface area contributed by atoms with Crippen molar-refractivity contribution in [1.29, 1.82) is 0 Å². The molecular weight excluding hydrogens is 324 g/mol. The van der Waals surface area contributed by atoms with Crippen LogP contribution < -0.4 is 4.90 Å². The van der Waals surface area contributed by atoms with Crippen LogP contribution in [0.5, 0.6) is 0 Å². The molecule has 2 fully saturated rings. The molecule has 0 bridgehead atoms. The number of benzene rings is 1. The van der Waals surface area contributed by atoms with Gasteiger partial charge in [0.05, 0.1) is 11.5 Å². The fourth-order valence-electron chi connectivity index (χ4n) is 3.79. The van der Waals surface area contributed by atoms with Crippen molar-refractivity contribution in [3.63, 3.8) is 0 Å². The zero-order chi connectivity index (χ0) is 17.3. The molecule has 6 heteroatoms. The molecule has 1 aromatic carbocycles. The van der Waals surface area contributed by atoms with Crippen molar-refractivity contribution in [3.8, 4) is 0 Å². The number of sulfone groups is 1. The predicted molar refractivity (Wildman–Crippen MR) is 95.9 cm³/mol. The number of nitrogens with zero attached hydrogens (tertiary/aromatic N) is 2. The number of para-hydroxylation sites is 1. The normalized spacial score (nSPS) is 24.8. The number of aryl methyl sites for hydroxylation is 1. The average Bonchev–Trinajstić information content (AvgIpc) is 2.54. The summed E-state index contributed by atoms with van der Waals surface area (Å²) in [5.74, 6) is 0.324. The molecule has 0 aliphatic carbocycles. The molecule has 1 atom stereocenters. The van der Waals surface area contributed by atoms with E-state index in [4.69, 9.17) is 0 Å². The maximum atomic E-state index is 12.8. The molecule has 0 radical (unpaired) electrons. The lowest BCUT2D eigenvalue weighted by atomic mass is 9.99. The standard InChI is InChI=1S/C18H26N2O3S/c1-14-5-3-4-6-17(14)19-9-10-20(15(2)13-19)18(21)16-7-11-24(22,23)12-8-16/h3-6,15-16H,7-13H2,1-2H3/t15-/m0/s1. The van der Waals surface area contributed by atoms with Crippen LogP contribution in [-0.2, 0) is 14.6 Å². The summed E-state index contributed by atoms with van der Waals surface area (Å²) in [6.07, 6.45) is 0.956. The molecule has 0 unspecified atom stereocenters. The number of carbonyl (C=O) groups excluding carboxylic acids is 1. The maximum absolute atomic E-state index is 12.8. The molecule has 3 rings (SSSR count). The Bertz CT molecular complexity index is 703. The van der Waals surface area contributed by atoms with Crippen LogP contribution in [0.15, 0.2) is 24.3 Å². The first-order chi connectivity index (χ1) is 11.4. The second-order valence-corrected chi connectivity index (χ2v) is 9.34. The van der Waals surface area contributed by atoms with Crippen LogP contribution in [0.2, 0.25) is 0 Å². The van der Waals surface area contributed by atoms with E-state index < -0.39 is 9.84 Å². The Morgan fingerprint density at radius 2 is 1.79 bits per heavy atom. The lowest BCUT2D eigenvalue weighted by molar-refractivity contribution is -0.138. The van der Waals surface area contributed by atoms with Crippen LogP contribution in [0.4, 0.5) is 5.69 Å². The van der Waals surface area contributed by atoms with E-state index in [1.54, 1.807) is 0 Å². The summed E-state index contributed by atoms with van der Waals surface area (Å²) in [6.45, 7) is 6.55. The number of rotatable bonds is 2. The van der Waals surface area contributed by atoms with Gasteiger partial charge in [0.15, 0.2) is 0 Å². The molecule has 1 amide bonds. The molecule has 2 aliphatic heterocycles. The molecule has 132 valence electrons. The maximum Gasteiger partial charge on any atom is 0.226 e. The number of carbonyl (C=O) groups is 1. The second-order valence-electron chi connectivity index (χ2n) is 7.04. The molecule has 0 N–H and O–H groups in total. The summed E-state index contributed by atoms with van der Waals surface area (Å²) in [5, 5.41) is 0. The van der Waals surface area contributed by atoms with E-state index in [9.17, 15) is 13.2 Å². The number of amides is 1. The first kappa shape index (κ1) is 17.3. The lowest BCUT2D eigenvalue weighted by Gasteiger charge is -2.43. The molecule has 0 spiro atoms. The molecule has 2 saturated heterocycles. The Kier molecular flexibility index (Phi) is 4.85. The van der Waals surface area contributed by atoms with Crippen molar-refractivity contribution in [2.45, 2.75) is 32.7 Å². The van der Waals surface area contributed by atoms with Gasteiger partial charge in [-0.25, -0.2) is 8.42 Å². The van der Waals surface area contributed by atoms with Gasteiger partial charge in [-0.15, -0.1) is 0 Å². The van der Waals surface area contributed by atoms with Gasteiger partial charge in [0.25, 0.3) is 0 Å². The molecule has 1 aromatic rings. The van der Waals surface area contributed by atoms with Crippen LogP contribution in [0.25, 0.3) is 0 Å². The zero-order valence-electron chi connectivity index (χ0n) is 14.4. The van der Waals surface area contributed by atoms with Crippen molar-refractivity contribution in [2.75, 3.05) is 36.0 Å². The van der Waals surface area contributed by atoms with E-state index in [-0.39, 0.29) is 29.4 Å². The summed E-state index contributed by atoms with van der Waals surface area (Å²) < 4.78 is 23.1. The fourth-order valence-corrected chi connectivity index (χ4v) is 5.28. The first-order valence-electron chi connectivity index (χ1n) is 8.69. The third kappa shape index (κ3) is 3.58. The second kappa shape index (κ2) is 6.75. The number of hydrogen-bond donors (Lipinski definition) is 0. The summed E-state index contributed by atoms with van der Waals surface area (Å²) in [7, 11) is -2.92. The molecule has 0 saturated carbocycles. The van der Waals surface area contributed by atoms with Crippen molar-refractivity contribution in [3.05, 3.63) is 29.8 Å². The van der Waals surface area contributed by atoms with Crippen molar-refractivity contribution < 1.29 is 13.2 Å². The van der Waals surface area contributed by atoms with Gasteiger partial charge in [0.2, 0.25) is 5.91 Å². The van der Waals surface area contributed by atoms with E-state index >= 15 is 0 Å². The molecule has 24 heavy (non-hydrogen) atoms. The van der Waals surface area contributed by atoms with Crippen molar-refractivity contribution in [2.24, 2.45) is 5.92 Å². The van der Waals surface area contributed by atoms with Crippen LogP contribution in [0.3, 0.4) is 0 Å². The quantitative estimate of drug-likeness (QED) is 0.817. The Balaban J connectivity index is 1.64. The van der Waals surface area contributed by atoms with E-state index in [1.165, 1.54) is 11.3 Å². The smallest absolute Gasteiger partial charge is 0.226 e. The average molecular weight is 350 g/mol. The zero-order valence-corrected chi connectivity index (χ0v) is 15.3.